The number of nitrogens with one attached hydrogen (secondary N) is 1. The molecule has 4 N–H and O–H groups in total. The lowest BCUT2D eigenvalue weighted by atomic mass is 9.77. The van der Waals surface area contributed by atoms with Crippen molar-refractivity contribution in [3.63, 3.8) is 0 Å². The van der Waals surface area contributed by atoms with E-state index in [0.29, 0.717) is 5.13 Å². The van der Waals surface area contributed by atoms with Crippen LogP contribution in [0.1, 0.15) is 22.4 Å². The molecule has 0 aliphatic heterocycles. The van der Waals surface area contributed by atoms with Crippen molar-refractivity contribution in [3.05, 3.63) is 119 Å². The van der Waals surface area contributed by atoms with Crippen LogP contribution >= 0.6 is 11.3 Å². The molecule has 4 rings (SSSR count). The van der Waals surface area contributed by atoms with E-state index in [9.17, 15) is 9.90 Å². The molecule has 0 aliphatic rings. The second kappa shape index (κ2) is 8.92. The summed E-state index contributed by atoms with van der Waals surface area (Å²) in [6.45, 7) is 0. The molecule has 6 nitrogen and oxygen atoms in total. The molecular weight excluding hydrogens is 422 g/mol. The third-order valence-corrected chi connectivity index (χ3v) is 6.20. The third kappa shape index (κ3) is 3.78. The van der Waals surface area contributed by atoms with Crippen LogP contribution in [0.3, 0.4) is 0 Å². The van der Waals surface area contributed by atoms with Gasteiger partial charge in [0, 0.05) is 12.5 Å². The molecule has 0 aliphatic carbocycles. The van der Waals surface area contributed by atoms with Gasteiger partial charge in [-0.1, -0.05) is 91.0 Å². The van der Waals surface area contributed by atoms with E-state index < -0.39 is 17.2 Å². The molecule has 0 amide bonds. The highest BCUT2D eigenvalue weighted by atomic mass is 32.1. The highest BCUT2D eigenvalue weighted by Gasteiger charge is 2.41. The Morgan fingerprint density at radius 2 is 1.34 bits per heavy atom. The lowest BCUT2D eigenvalue weighted by Crippen LogP contribution is -2.47. The number of hydrogen-bond donors (Lipinski definition) is 3. The monoisotopic (exact) mass is 445 g/mol. The number of methoxy groups -OCH3 is 1. The van der Waals surface area contributed by atoms with Crippen LogP contribution < -0.4 is 11.1 Å². The van der Waals surface area contributed by atoms with E-state index in [2.05, 4.69) is 46.7 Å². The van der Waals surface area contributed by atoms with Gasteiger partial charge in [-0.3, -0.25) is 5.73 Å². The number of nitrogens with two attached hydrogens (primary N) is 1. The molecule has 0 saturated heterocycles. The number of carbonyl (C=O) groups is 1. The Hall–Kier alpha value is -3.52. The molecule has 0 saturated carbocycles. The molecule has 0 spiro atoms. The number of carboxylic acids is 1. The zero-order valence-electron chi connectivity index (χ0n) is 17.4. The molecule has 0 fully saturated rings. The van der Waals surface area contributed by atoms with Gasteiger partial charge in [0.15, 0.2) is 5.13 Å². The molecule has 4 aromatic rings. The number of nitrogens with zero attached hydrogens (tertiary/aromatic N) is 1. The maximum atomic E-state index is 11.7. The van der Waals surface area contributed by atoms with Gasteiger partial charge in [0.2, 0.25) is 0 Å². The van der Waals surface area contributed by atoms with E-state index in [4.69, 9.17) is 10.5 Å². The molecular formula is C25H23N3O3S. The van der Waals surface area contributed by atoms with Gasteiger partial charge in [0.25, 0.3) is 5.72 Å². The predicted octanol–water partition coefficient (Wildman–Crippen LogP) is 4.39. The summed E-state index contributed by atoms with van der Waals surface area (Å²) < 4.78 is 5.08. The van der Waals surface area contributed by atoms with Crippen LogP contribution in [0.25, 0.3) is 0 Å². The summed E-state index contributed by atoms with van der Waals surface area (Å²) >= 11 is 1.27. The number of anilines is 1. The normalized spacial score (nSPS) is 13.3. The first kappa shape index (κ1) is 21.7. The van der Waals surface area contributed by atoms with Gasteiger partial charge in [-0.15, -0.1) is 11.3 Å². The first-order valence-corrected chi connectivity index (χ1v) is 10.9. The standard InChI is InChI=1S/C25H23N3O3S/c1-31-25(26,22(29)30)21-17-32-23(27-21)28-24(18-11-5-2-6-12-18,19-13-7-3-8-14-19)20-15-9-4-10-16-20/h2-17H,26H2,1H3,(H,27,28)(H,29,30). The number of ether oxygens (including phenoxy) is 1. The van der Waals surface area contributed by atoms with Crippen molar-refractivity contribution in [3.8, 4) is 0 Å². The molecule has 162 valence electrons. The molecule has 0 bridgehead atoms. The van der Waals surface area contributed by atoms with Gasteiger partial charge in [0.1, 0.15) is 11.2 Å². The van der Waals surface area contributed by atoms with Crippen molar-refractivity contribution in [1.29, 1.82) is 0 Å². The van der Waals surface area contributed by atoms with Crippen molar-refractivity contribution < 1.29 is 14.6 Å². The van der Waals surface area contributed by atoms with Crippen LogP contribution in [0.15, 0.2) is 96.4 Å². The fraction of sp³-hybridized carbons (Fsp3) is 0.120. The SMILES string of the molecule is COC(N)(C(=O)O)c1csc(NC(c2ccccc2)(c2ccccc2)c2ccccc2)n1. The van der Waals surface area contributed by atoms with Crippen LogP contribution in [0.2, 0.25) is 0 Å². The van der Waals surface area contributed by atoms with Crippen molar-refractivity contribution >= 4 is 22.4 Å². The van der Waals surface area contributed by atoms with E-state index in [1.54, 1.807) is 5.38 Å². The van der Waals surface area contributed by atoms with Gasteiger partial charge < -0.3 is 15.2 Å². The zero-order chi connectivity index (χ0) is 22.6. The average molecular weight is 446 g/mol. The van der Waals surface area contributed by atoms with E-state index >= 15 is 0 Å². The number of hydrogen-bond acceptors (Lipinski definition) is 6. The van der Waals surface area contributed by atoms with Gasteiger partial charge in [0.05, 0.1) is 0 Å². The minimum atomic E-state index is -2.02. The van der Waals surface area contributed by atoms with Crippen LogP contribution in [0.4, 0.5) is 5.13 Å². The van der Waals surface area contributed by atoms with E-state index in [0.717, 1.165) is 16.7 Å². The third-order valence-electron chi connectivity index (χ3n) is 5.44. The zero-order valence-corrected chi connectivity index (χ0v) is 18.3. The lowest BCUT2D eigenvalue weighted by molar-refractivity contribution is -0.163. The largest absolute Gasteiger partial charge is 0.478 e. The summed E-state index contributed by atoms with van der Waals surface area (Å²) in [6, 6.07) is 30.2. The van der Waals surface area contributed by atoms with Gasteiger partial charge in [-0.25, -0.2) is 9.78 Å². The number of thiazole rings is 1. The second-order valence-corrected chi connectivity index (χ2v) is 8.11. The molecule has 32 heavy (non-hydrogen) atoms. The number of aromatic nitrogens is 1. The average Bonchev–Trinajstić information content (AvgIpc) is 3.32. The molecule has 7 heteroatoms. The van der Waals surface area contributed by atoms with Crippen molar-refractivity contribution in [2.45, 2.75) is 11.3 Å². The Morgan fingerprint density at radius 3 is 1.72 bits per heavy atom. The van der Waals surface area contributed by atoms with E-state index in [-0.39, 0.29) is 5.69 Å². The Balaban J connectivity index is 1.91. The molecule has 1 unspecified atom stereocenters. The summed E-state index contributed by atoms with van der Waals surface area (Å²) in [5, 5.41) is 15.3. The molecule has 1 atom stereocenters. The lowest BCUT2D eigenvalue weighted by Gasteiger charge is -2.36. The summed E-state index contributed by atoms with van der Waals surface area (Å²) in [4.78, 5) is 16.2. The topological polar surface area (TPSA) is 97.5 Å². The van der Waals surface area contributed by atoms with Crippen LogP contribution in [0.5, 0.6) is 0 Å². The van der Waals surface area contributed by atoms with Crippen molar-refractivity contribution in [2.75, 3.05) is 12.4 Å². The predicted molar refractivity (Wildman–Crippen MR) is 125 cm³/mol. The first-order chi connectivity index (χ1) is 15.5. The minimum absolute atomic E-state index is 0.128. The van der Waals surface area contributed by atoms with Crippen molar-refractivity contribution in [1.82, 2.24) is 4.98 Å². The van der Waals surface area contributed by atoms with Gasteiger partial charge >= 0.3 is 5.97 Å². The molecule has 1 heterocycles. The Morgan fingerprint density at radius 1 is 0.906 bits per heavy atom. The van der Waals surface area contributed by atoms with Crippen LogP contribution in [-0.4, -0.2) is 23.2 Å². The number of aliphatic carboxylic acids is 1. The molecule has 3 aromatic carbocycles. The fourth-order valence-electron chi connectivity index (χ4n) is 3.74. The molecule has 1 aromatic heterocycles. The van der Waals surface area contributed by atoms with Crippen molar-refractivity contribution in [2.24, 2.45) is 5.73 Å². The highest BCUT2D eigenvalue weighted by molar-refractivity contribution is 7.13. The number of rotatable bonds is 8. The van der Waals surface area contributed by atoms with Crippen LogP contribution in [-0.2, 0) is 20.8 Å². The van der Waals surface area contributed by atoms with Gasteiger partial charge in [-0.05, 0) is 16.7 Å². The Bertz CT molecular complexity index is 1090. The smallest absolute Gasteiger partial charge is 0.357 e. The van der Waals surface area contributed by atoms with Gasteiger partial charge in [-0.2, -0.15) is 0 Å². The summed E-state index contributed by atoms with van der Waals surface area (Å²) in [5.41, 5.74) is 6.34. The minimum Gasteiger partial charge on any atom is -0.478 e. The maximum absolute atomic E-state index is 11.7. The summed E-state index contributed by atoms with van der Waals surface area (Å²) in [5.74, 6) is -1.31. The second-order valence-electron chi connectivity index (χ2n) is 7.26. The maximum Gasteiger partial charge on any atom is 0.357 e. The van der Waals surface area contributed by atoms with Crippen LogP contribution in [0, 0.1) is 0 Å². The summed E-state index contributed by atoms with van der Waals surface area (Å²) in [7, 11) is 1.25. The Kier molecular flexibility index (Phi) is 6.05. The number of benzene rings is 3. The first-order valence-electron chi connectivity index (χ1n) is 9.99. The summed E-state index contributed by atoms with van der Waals surface area (Å²) in [6.07, 6.45) is 0. The highest BCUT2D eigenvalue weighted by Crippen LogP contribution is 2.41. The fourth-order valence-corrected chi connectivity index (χ4v) is 4.56. The van der Waals surface area contributed by atoms with E-state index in [1.165, 1.54) is 18.4 Å². The number of carboxylic acid groups (broad SMARTS) is 1. The quantitative estimate of drug-likeness (QED) is 0.275. The van der Waals surface area contributed by atoms with E-state index in [1.807, 2.05) is 54.6 Å². The Labute approximate surface area is 190 Å². The molecule has 0 radical (unpaired) electrons.